The first kappa shape index (κ1) is 15.1. The van der Waals surface area contributed by atoms with Crippen LogP contribution in [0.5, 0.6) is 0 Å². The van der Waals surface area contributed by atoms with Crippen molar-refractivity contribution in [1.29, 1.82) is 0 Å². The van der Waals surface area contributed by atoms with E-state index in [1.807, 2.05) is 19.1 Å². The molecule has 0 saturated heterocycles. The first-order chi connectivity index (χ1) is 9.82. The molecule has 0 unspecified atom stereocenters. The van der Waals surface area contributed by atoms with E-state index < -0.39 is 17.6 Å². The summed E-state index contributed by atoms with van der Waals surface area (Å²) in [6.07, 6.45) is -4.48. The minimum Gasteiger partial charge on any atom is -0.355 e. The van der Waals surface area contributed by atoms with Gasteiger partial charge < -0.3 is 5.32 Å². The molecule has 2 aromatic rings. The second kappa shape index (κ2) is 5.60. The van der Waals surface area contributed by atoms with Crippen LogP contribution in [0.4, 0.5) is 13.2 Å². The molecule has 1 N–H and O–H groups in total. The number of alkyl halides is 3. The number of halogens is 3. The largest absolute Gasteiger partial charge is 0.416 e. The Bertz CT molecular complexity index is 660. The molecule has 2 rings (SSSR count). The zero-order valence-electron chi connectivity index (χ0n) is 11.6. The molecule has 0 aromatic heterocycles. The Hall–Kier alpha value is -2.30. The van der Waals surface area contributed by atoms with Gasteiger partial charge in [-0.2, -0.15) is 13.2 Å². The third-order valence-corrected chi connectivity index (χ3v) is 3.18. The quantitative estimate of drug-likeness (QED) is 0.889. The minimum atomic E-state index is -4.48. The fraction of sp³-hybridized carbons (Fsp3) is 0.188. The van der Waals surface area contributed by atoms with E-state index in [2.05, 4.69) is 5.32 Å². The number of rotatable bonds is 2. The number of carbonyl (C=O) groups excluding carboxylic acids is 1. The molecule has 21 heavy (non-hydrogen) atoms. The fourth-order valence-electron chi connectivity index (χ4n) is 2.03. The average molecular weight is 293 g/mol. The smallest absolute Gasteiger partial charge is 0.355 e. The lowest BCUT2D eigenvalue weighted by Gasteiger charge is -2.13. The van der Waals surface area contributed by atoms with Crippen LogP contribution in [0.1, 0.15) is 21.5 Å². The van der Waals surface area contributed by atoms with E-state index in [1.165, 1.54) is 13.1 Å². The molecule has 110 valence electrons. The molecule has 0 radical (unpaired) electrons. The highest BCUT2D eigenvalue weighted by atomic mass is 19.4. The summed E-state index contributed by atoms with van der Waals surface area (Å²) in [6.45, 7) is 1.91. The Labute approximate surface area is 120 Å². The van der Waals surface area contributed by atoms with Crippen LogP contribution in [0.15, 0.2) is 42.5 Å². The molecular formula is C16H14F3NO. The Morgan fingerprint density at radius 3 is 2.19 bits per heavy atom. The topological polar surface area (TPSA) is 29.1 Å². The van der Waals surface area contributed by atoms with Gasteiger partial charge in [-0.05, 0) is 30.2 Å². The number of hydrogen-bond donors (Lipinski definition) is 1. The van der Waals surface area contributed by atoms with Gasteiger partial charge in [-0.3, -0.25) is 4.79 Å². The molecule has 0 aliphatic heterocycles. The van der Waals surface area contributed by atoms with Crippen molar-refractivity contribution in [3.8, 4) is 11.1 Å². The molecule has 0 saturated carbocycles. The van der Waals surface area contributed by atoms with Crippen molar-refractivity contribution in [1.82, 2.24) is 5.32 Å². The molecule has 0 spiro atoms. The van der Waals surface area contributed by atoms with Crippen LogP contribution in [0.2, 0.25) is 0 Å². The lowest BCUT2D eigenvalue weighted by molar-refractivity contribution is -0.137. The van der Waals surface area contributed by atoms with Gasteiger partial charge >= 0.3 is 6.18 Å². The Balaban J connectivity index is 2.60. The van der Waals surface area contributed by atoms with Crippen molar-refractivity contribution < 1.29 is 18.0 Å². The highest BCUT2D eigenvalue weighted by Gasteiger charge is 2.31. The summed E-state index contributed by atoms with van der Waals surface area (Å²) in [6, 6.07) is 10.5. The molecule has 0 aliphatic rings. The zero-order valence-corrected chi connectivity index (χ0v) is 11.6. The average Bonchev–Trinajstić information content (AvgIpc) is 2.46. The second-order valence-electron chi connectivity index (χ2n) is 4.70. The summed E-state index contributed by atoms with van der Waals surface area (Å²) in [5, 5.41) is 2.38. The maximum absolute atomic E-state index is 12.8. The SMILES string of the molecule is CNC(=O)c1cc(C(F)(F)F)ccc1-c1ccc(C)cc1. The molecule has 0 atom stereocenters. The lowest BCUT2D eigenvalue weighted by Crippen LogP contribution is -2.20. The van der Waals surface area contributed by atoms with Crippen molar-refractivity contribution in [2.75, 3.05) is 7.05 Å². The van der Waals surface area contributed by atoms with Gasteiger partial charge in [0.15, 0.2) is 0 Å². The zero-order chi connectivity index (χ0) is 15.6. The van der Waals surface area contributed by atoms with Gasteiger partial charge in [-0.15, -0.1) is 0 Å². The molecule has 1 amide bonds. The summed E-state index contributed by atoms with van der Waals surface area (Å²) in [5.41, 5.74) is 1.38. The third-order valence-electron chi connectivity index (χ3n) is 3.18. The highest BCUT2D eigenvalue weighted by molar-refractivity contribution is 6.01. The molecule has 0 fully saturated rings. The maximum atomic E-state index is 12.8. The predicted octanol–water partition coefficient (Wildman–Crippen LogP) is 4.04. The monoisotopic (exact) mass is 293 g/mol. The van der Waals surface area contributed by atoms with Crippen LogP contribution in [0.25, 0.3) is 11.1 Å². The van der Waals surface area contributed by atoms with Gasteiger partial charge in [0.05, 0.1) is 5.56 Å². The molecule has 0 bridgehead atoms. The maximum Gasteiger partial charge on any atom is 0.416 e. The first-order valence-electron chi connectivity index (χ1n) is 6.33. The van der Waals surface area contributed by atoms with Crippen molar-refractivity contribution in [3.63, 3.8) is 0 Å². The van der Waals surface area contributed by atoms with Crippen molar-refractivity contribution in [3.05, 3.63) is 59.2 Å². The van der Waals surface area contributed by atoms with Gasteiger partial charge in [0.1, 0.15) is 0 Å². The summed E-state index contributed by atoms with van der Waals surface area (Å²) in [7, 11) is 1.39. The van der Waals surface area contributed by atoms with E-state index in [4.69, 9.17) is 0 Å². The number of carbonyl (C=O) groups is 1. The van der Waals surface area contributed by atoms with Crippen molar-refractivity contribution in [2.45, 2.75) is 13.1 Å². The first-order valence-corrected chi connectivity index (χ1v) is 6.33. The molecule has 2 nitrogen and oxygen atoms in total. The van der Waals surface area contributed by atoms with Crippen LogP contribution >= 0.6 is 0 Å². The Morgan fingerprint density at radius 2 is 1.67 bits per heavy atom. The second-order valence-corrected chi connectivity index (χ2v) is 4.70. The summed E-state index contributed by atoms with van der Waals surface area (Å²) in [5.74, 6) is -0.545. The van der Waals surface area contributed by atoms with E-state index in [0.717, 1.165) is 17.7 Å². The molecule has 5 heteroatoms. The number of nitrogens with one attached hydrogen (secondary N) is 1. The van der Waals surface area contributed by atoms with E-state index in [0.29, 0.717) is 11.1 Å². The third kappa shape index (κ3) is 3.24. The van der Waals surface area contributed by atoms with Crippen molar-refractivity contribution >= 4 is 5.91 Å². The standard InChI is InChI=1S/C16H14F3NO/c1-10-3-5-11(6-4-10)13-8-7-12(16(17,18)19)9-14(13)15(21)20-2/h3-9H,1-2H3,(H,20,21). The van der Waals surface area contributed by atoms with E-state index in [1.54, 1.807) is 12.1 Å². The van der Waals surface area contributed by atoms with Gasteiger partial charge in [0, 0.05) is 12.6 Å². The summed E-state index contributed by atoms with van der Waals surface area (Å²) in [4.78, 5) is 11.9. The highest BCUT2D eigenvalue weighted by Crippen LogP contribution is 2.33. The van der Waals surface area contributed by atoms with Crippen LogP contribution in [-0.4, -0.2) is 13.0 Å². The summed E-state index contributed by atoms with van der Waals surface area (Å²) < 4.78 is 38.4. The molecule has 0 heterocycles. The van der Waals surface area contributed by atoms with Crippen LogP contribution in [-0.2, 0) is 6.18 Å². The van der Waals surface area contributed by atoms with Gasteiger partial charge in [0.25, 0.3) is 5.91 Å². The van der Waals surface area contributed by atoms with E-state index in [-0.39, 0.29) is 5.56 Å². The number of aryl methyl sites for hydroxylation is 1. The van der Waals surface area contributed by atoms with E-state index >= 15 is 0 Å². The minimum absolute atomic E-state index is 0.0104. The van der Waals surface area contributed by atoms with Crippen LogP contribution < -0.4 is 5.32 Å². The predicted molar refractivity (Wildman–Crippen MR) is 75.0 cm³/mol. The molecular weight excluding hydrogens is 279 g/mol. The van der Waals surface area contributed by atoms with Gasteiger partial charge in [-0.25, -0.2) is 0 Å². The lowest BCUT2D eigenvalue weighted by atomic mass is 9.96. The van der Waals surface area contributed by atoms with E-state index in [9.17, 15) is 18.0 Å². The Kier molecular flexibility index (Phi) is 4.02. The Morgan fingerprint density at radius 1 is 1.05 bits per heavy atom. The van der Waals surface area contributed by atoms with Gasteiger partial charge in [0.2, 0.25) is 0 Å². The van der Waals surface area contributed by atoms with Crippen LogP contribution in [0, 0.1) is 6.92 Å². The number of amides is 1. The molecule has 2 aromatic carbocycles. The van der Waals surface area contributed by atoms with Crippen molar-refractivity contribution in [2.24, 2.45) is 0 Å². The molecule has 0 aliphatic carbocycles. The fourth-order valence-corrected chi connectivity index (χ4v) is 2.03. The van der Waals surface area contributed by atoms with Gasteiger partial charge in [-0.1, -0.05) is 35.9 Å². The van der Waals surface area contributed by atoms with Crippen LogP contribution in [0.3, 0.4) is 0 Å². The number of hydrogen-bond acceptors (Lipinski definition) is 1. The normalized spacial score (nSPS) is 11.3. The summed E-state index contributed by atoms with van der Waals surface area (Å²) >= 11 is 0. The number of benzene rings is 2.